The Labute approximate surface area is 145 Å². The summed E-state index contributed by atoms with van der Waals surface area (Å²) in [5.74, 6) is -0.138. The highest BCUT2D eigenvalue weighted by molar-refractivity contribution is 7.14. The summed E-state index contributed by atoms with van der Waals surface area (Å²) < 4.78 is 10.1. The van der Waals surface area contributed by atoms with Gasteiger partial charge in [0.25, 0.3) is 5.91 Å². The second kappa shape index (κ2) is 8.49. The van der Waals surface area contributed by atoms with Crippen molar-refractivity contribution in [3.8, 4) is 5.75 Å². The number of hydrogen-bond donors (Lipinski definition) is 1. The summed E-state index contributed by atoms with van der Waals surface area (Å²) in [6.07, 6.45) is 1.96. The Bertz CT molecular complexity index is 706. The molecule has 0 unspecified atom stereocenters. The van der Waals surface area contributed by atoms with Crippen LogP contribution in [0.5, 0.6) is 5.75 Å². The van der Waals surface area contributed by atoms with E-state index >= 15 is 0 Å². The molecule has 24 heavy (non-hydrogen) atoms. The maximum atomic E-state index is 12.0. The zero-order valence-electron chi connectivity index (χ0n) is 14.0. The second-order valence-corrected chi connectivity index (χ2v) is 6.55. The fourth-order valence-corrected chi connectivity index (χ4v) is 3.18. The van der Waals surface area contributed by atoms with Gasteiger partial charge in [0.1, 0.15) is 10.6 Å². The molecule has 0 bridgehead atoms. The summed E-state index contributed by atoms with van der Waals surface area (Å²) in [5.41, 5.74) is 1.78. The fourth-order valence-electron chi connectivity index (χ4n) is 2.21. The van der Waals surface area contributed by atoms with Gasteiger partial charge in [-0.15, -0.1) is 11.3 Å². The van der Waals surface area contributed by atoms with Crippen molar-refractivity contribution >= 4 is 28.9 Å². The van der Waals surface area contributed by atoms with E-state index in [1.165, 1.54) is 11.3 Å². The minimum absolute atomic E-state index is 0.315. The van der Waals surface area contributed by atoms with E-state index in [0.29, 0.717) is 16.3 Å². The molecule has 1 heterocycles. The number of esters is 1. The zero-order valence-corrected chi connectivity index (χ0v) is 14.9. The SMILES string of the molecule is CCCc1cc(C(=O)OCC(=O)Nc2ccc(OC)cc2)sc1C. The van der Waals surface area contributed by atoms with Gasteiger partial charge in [0, 0.05) is 10.6 Å². The summed E-state index contributed by atoms with van der Waals surface area (Å²) in [4.78, 5) is 25.6. The molecule has 0 radical (unpaired) electrons. The van der Waals surface area contributed by atoms with Gasteiger partial charge in [0.05, 0.1) is 7.11 Å². The molecule has 5 nitrogen and oxygen atoms in total. The molecule has 0 saturated heterocycles. The van der Waals surface area contributed by atoms with Gasteiger partial charge < -0.3 is 14.8 Å². The van der Waals surface area contributed by atoms with Crippen molar-refractivity contribution in [3.05, 3.63) is 45.6 Å². The van der Waals surface area contributed by atoms with Crippen molar-refractivity contribution in [1.29, 1.82) is 0 Å². The van der Waals surface area contributed by atoms with Gasteiger partial charge in [0.2, 0.25) is 0 Å². The molecule has 0 saturated carbocycles. The van der Waals surface area contributed by atoms with E-state index in [1.54, 1.807) is 31.4 Å². The third-order valence-corrected chi connectivity index (χ3v) is 4.52. The lowest BCUT2D eigenvalue weighted by Crippen LogP contribution is -2.20. The molecular weight excluding hydrogens is 326 g/mol. The van der Waals surface area contributed by atoms with Crippen LogP contribution in [-0.2, 0) is 16.0 Å². The number of rotatable bonds is 7. The van der Waals surface area contributed by atoms with Gasteiger partial charge >= 0.3 is 5.97 Å². The maximum Gasteiger partial charge on any atom is 0.348 e. The normalized spacial score (nSPS) is 10.3. The molecule has 1 N–H and O–H groups in total. The van der Waals surface area contributed by atoms with Gasteiger partial charge in [-0.3, -0.25) is 4.79 Å². The van der Waals surface area contributed by atoms with E-state index < -0.39 is 5.97 Å². The number of nitrogens with one attached hydrogen (secondary N) is 1. The van der Waals surface area contributed by atoms with Crippen molar-refractivity contribution in [1.82, 2.24) is 0 Å². The van der Waals surface area contributed by atoms with Gasteiger partial charge in [-0.25, -0.2) is 4.79 Å². The molecule has 6 heteroatoms. The van der Waals surface area contributed by atoms with Crippen LogP contribution in [-0.4, -0.2) is 25.6 Å². The van der Waals surface area contributed by atoms with Crippen LogP contribution in [0.2, 0.25) is 0 Å². The molecule has 0 spiro atoms. The molecule has 1 aromatic carbocycles. The summed E-state index contributed by atoms with van der Waals surface area (Å²) in [5, 5.41) is 2.67. The quantitative estimate of drug-likeness (QED) is 0.774. The molecule has 2 aromatic rings. The summed E-state index contributed by atoms with van der Waals surface area (Å²) in [6.45, 7) is 3.77. The Morgan fingerprint density at radius 2 is 1.92 bits per heavy atom. The molecule has 0 aliphatic rings. The zero-order chi connectivity index (χ0) is 17.5. The number of thiophene rings is 1. The number of carbonyl (C=O) groups excluding carboxylic acids is 2. The smallest absolute Gasteiger partial charge is 0.348 e. The lowest BCUT2D eigenvalue weighted by Gasteiger charge is -2.06. The molecule has 0 aliphatic heterocycles. The van der Waals surface area contributed by atoms with Crippen LogP contribution in [0.25, 0.3) is 0 Å². The molecule has 0 aliphatic carbocycles. The molecule has 1 amide bonds. The average molecular weight is 347 g/mol. The average Bonchev–Trinajstić information content (AvgIpc) is 2.95. The summed E-state index contributed by atoms with van der Waals surface area (Å²) >= 11 is 1.40. The Hall–Kier alpha value is -2.34. The Kier molecular flexibility index (Phi) is 6.37. The number of anilines is 1. The maximum absolute atomic E-state index is 12.0. The lowest BCUT2D eigenvalue weighted by molar-refractivity contribution is -0.119. The fraction of sp³-hybridized carbons (Fsp3) is 0.333. The van der Waals surface area contributed by atoms with E-state index in [2.05, 4.69) is 12.2 Å². The molecule has 0 fully saturated rings. The number of hydrogen-bond acceptors (Lipinski definition) is 5. The van der Waals surface area contributed by atoms with Crippen LogP contribution in [0.1, 0.15) is 33.5 Å². The highest BCUT2D eigenvalue weighted by Gasteiger charge is 2.15. The predicted octanol–water partition coefficient (Wildman–Crippen LogP) is 3.81. The van der Waals surface area contributed by atoms with Gasteiger partial charge in [-0.1, -0.05) is 13.3 Å². The first-order valence-electron chi connectivity index (χ1n) is 7.73. The van der Waals surface area contributed by atoms with E-state index in [1.807, 2.05) is 13.0 Å². The van der Waals surface area contributed by atoms with Crippen molar-refractivity contribution in [3.63, 3.8) is 0 Å². The number of aryl methyl sites for hydroxylation is 2. The minimum Gasteiger partial charge on any atom is -0.497 e. The van der Waals surface area contributed by atoms with Gasteiger partial charge in [0.15, 0.2) is 6.61 Å². The Morgan fingerprint density at radius 3 is 2.54 bits per heavy atom. The first kappa shape index (κ1) is 18.0. The van der Waals surface area contributed by atoms with Gasteiger partial charge in [-0.05, 0) is 49.2 Å². The Balaban J connectivity index is 1.86. The van der Waals surface area contributed by atoms with Gasteiger partial charge in [-0.2, -0.15) is 0 Å². The van der Waals surface area contributed by atoms with Crippen LogP contribution < -0.4 is 10.1 Å². The topological polar surface area (TPSA) is 64.6 Å². The molecule has 0 atom stereocenters. The van der Waals surface area contributed by atoms with E-state index in [0.717, 1.165) is 23.3 Å². The first-order valence-corrected chi connectivity index (χ1v) is 8.55. The number of ether oxygens (including phenoxy) is 2. The van der Waals surface area contributed by atoms with Crippen molar-refractivity contribution in [2.75, 3.05) is 19.0 Å². The third-order valence-electron chi connectivity index (χ3n) is 3.45. The minimum atomic E-state index is -0.463. The predicted molar refractivity (Wildman–Crippen MR) is 95.0 cm³/mol. The molecule has 2 rings (SSSR count). The van der Waals surface area contributed by atoms with Crippen LogP contribution in [0.4, 0.5) is 5.69 Å². The highest BCUT2D eigenvalue weighted by Crippen LogP contribution is 2.23. The largest absolute Gasteiger partial charge is 0.497 e. The highest BCUT2D eigenvalue weighted by atomic mass is 32.1. The second-order valence-electron chi connectivity index (χ2n) is 5.29. The van der Waals surface area contributed by atoms with Crippen LogP contribution >= 0.6 is 11.3 Å². The lowest BCUT2D eigenvalue weighted by atomic mass is 10.1. The Morgan fingerprint density at radius 1 is 1.21 bits per heavy atom. The van der Waals surface area contributed by atoms with Crippen molar-refractivity contribution in [2.24, 2.45) is 0 Å². The molecular formula is C18H21NO4S. The van der Waals surface area contributed by atoms with Crippen LogP contribution in [0, 0.1) is 6.92 Å². The van der Waals surface area contributed by atoms with E-state index in [4.69, 9.17) is 9.47 Å². The monoisotopic (exact) mass is 347 g/mol. The number of benzene rings is 1. The van der Waals surface area contributed by atoms with E-state index in [9.17, 15) is 9.59 Å². The number of carbonyl (C=O) groups is 2. The third kappa shape index (κ3) is 4.83. The molecule has 1 aromatic heterocycles. The number of amides is 1. The van der Waals surface area contributed by atoms with Crippen LogP contribution in [0.3, 0.4) is 0 Å². The first-order chi connectivity index (χ1) is 11.5. The summed E-state index contributed by atoms with van der Waals surface area (Å²) in [7, 11) is 1.57. The van der Waals surface area contributed by atoms with Crippen LogP contribution in [0.15, 0.2) is 30.3 Å². The standard InChI is InChI=1S/C18H21NO4S/c1-4-5-13-10-16(24-12(13)2)18(21)23-11-17(20)19-14-6-8-15(22-3)9-7-14/h6-10H,4-5,11H2,1-3H3,(H,19,20). The summed E-state index contributed by atoms with van der Waals surface area (Å²) in [6, 6.07) is 8.78. The van der Waals surface area contributed by atoms with Crippen molar-refractivity contribution in [2.45, 2.75) is 26.7 Å². The van der Waals surface area contributed by atoms with Crippen molar-refractivity contribution < 1.29 is 19.1 Å². The van der Waals surface area contributed by atoms with E-state index in [-0.39, 0.29) is 12.5 Å². The molecule has 128 valence electrons. The number of methoxy groups -OCH3 is 1.